The predicted molar refractivity (Wildman–Crippen MR) is 82.9 cm³/mol. The molecule has 0 saturated carbocycles. The van der Waals surface area contributed by atoms with Crippen LogP contribution in [0.2, 0.25) is 0 Å². The molecule has 1 atom stereocenters. The predicted octanol–water partition coefficient (Wildman–Crippen LogP) is 1.60. The van der Waals surface area contributed by atoms with E-state index >= 15 is 0 Å². The molecule has 6 nitrogen and oxygen atoms in total. The molecule has 6 heteroatoms. The van der Waals surface area contributed by atoms with Crippen LogP contribution in [0.4, 0.5) is 0 Å². The van der Waals surface area contributed by atoms with E-state index in [1.54, 1.807) is 0 Å². The molecule has 2 aliphatic heterocycles. The number of rotatable bonds is 4. The van der Waals surface area contributed by atoms with Gasteiger partial charge < -0.3 is 19.7 Å². The lowest BCUT2D eigenvalue weighted by molar-refractivity contribution is 0.174. The minimum atomic E-state index is 0.297. The number of H-pyrrole nitrogens is 1. The number of nitrogens with one attached hydrogen (secondary N) is 2. The molecular weight excluding hydrogens is 280 g/mol. The van der Waals surface area contributed by atoms with Gasteiger partial charge in [-0.25, -0.2) is 0 Å². The summed E-state index contributed by atoms with van der Waals surface area (Å²) in [6, 6.07) is 6.54. The molecule has 2 aliphatic rings. The number of likely N-dealkylation sites (tertiary alicyclic amines) is 1. The first-order chi connectivity index (χ1) is 10.8. The Morgan fingerprint density at radius 3 is 3.14 bits per heavy atom. The fourth-order valence-electron chi connectivity index (χ4n) is 3.10. The third-order valence-corrected chi connectivity index (χ3v) is 4.35. The van der Waals surface area contributed by atoms with Crippen molar-refractivity contribution in [1.82, 2.24) is 20.4 Å². The summed E-state index contributed by atoms with van der Waals surface area (Å²) >= 11 is 0. The molecule has 0 bridgehead atoms. The van der Waals surface area contributed by atoms with Crippen molar-refractivity contribution in [2.24, 2.45) is 0 Å². The monoisotopic (exact) mass is 300 g/mol. The van der Waals surface area contributed by atoms with E-state index in [2.05, 4.69) is 27.5 Å². The zero-order valence-corrected chi connectivity index (χ0v) is 12.6. The molecule has 22 heavy (non-hydrogen) atoms. The fraction of sp³-hybridized carbons (Fsp3) is 0.438. The van der Waals surface area contributed by atoms with Gasteiger partial charge >= 0.3 is 0 Å². The normalized spacial score (nSPS) is 20.7. The Morgan fingerprint density at radius 1 is 1.36 bits per heavy atom. The Morgan fingerprint density at radius 2 is 2.27 bits per heavy atom. The van der Waals surface area contributed by atoms with Crippen molar-refractivity contribution in [2.75, 3.05) is 26.9 Å². The highest BCUT2D eigenvalue weighted by Crippen LogP contribution is 2.36. The maximum absolute atomic E-state index is 5.45. The second-order valence-corrected chi connectivity index (χ2v) is 5.97. The number of benzene rings is 1. The number of aromatic nitrogens is 2. The summed E-state index contributed by atoms with van der Waals surface area (Å²) in [4.78, 5) is 2.35. The van der Waals surface area contributed by atoms with Crippen LogP contribution in [0.1, 0.15) is 12.0 Å². The van der Waals surface area contributed by atoms with E-state index in [1.165, 1.54) is 12.0 Å². The summed E-state index contributed by atoms with van der Waals surface area (Å²) in [5.41, 5.74) is 3.28. The van der Waals surface area contributed by atoms with Gasteiger partial charge in [-0.1, -0.05) is 0 Å². The second kappa shape index (κ2) is 5.62. The zero-order valence-electron chi connectivity index (χ0n) is 12.6. The lowest BCUT2D eigenvalue weighted by Crippen LogP contribution is -2.30. The van der Waals surface area contributed by atoms with Crippen molar-refractivity contribution in [3.05, 3.63) is 30.0 Å². The van der Waals surface area contributed by atoms with E-state index in [4.69, 9.17) is 9.47 Å². The molecule has 0 spiro atoms. The molecule has 1 fully saturated rings. The highest BCUT2D eigenvalue weighted by molar-refractivity contribution is 5.66. The summed E-state index contributed by atoms with van der Waals surface area (Å²) < 4.78 is 10.8. The summed E-state index contributed by atoms with van der Waals surface area (Å²) in [6.07, 6.45) is 3.10. The minimum absolute atomic E-state index is 0.297. The van der Waals surface area contributed by atoms with Crippen LogP contribution in [0.3, 0.4) is 0 Å². The second-order valence-electron chi connectivity index (χ2n) is 5.97. The van der Waals surface area contributed by atoms with Crippen molar-refractivity contribution in [3.63, 3.8) is 0 Å². The highest BCUT2D eigenvalue weighted by atomic mass is 16.7. The van der Waals surface area contributed by atoms with Gasteiger partial charge in [-0.3, -0.25) is 5.10 Å². The number of ether oxygens (including phenoxy) is 2. The number of fused-ring (bicyclic) bond motifs is 1. The maximum atomic E-state index is 5.45. The van der Waals surface area contributed by atoms with E-state index in [0.29, 0.717) is 12.8 Å². The standard InChI is InChI=1S/C16H20N4O2/c1-20-5-4-13(9-20)17-7-12-8-18-19-16(12)11-2-3-14-15(6-11)22-10-21-14/h2-3,6,8,13,17H,4-5,7,9-10H2,1H3,(H,18,19)/t13-/m0/s1. The molecule has 1 aromatic heterocycles. The Kier molecular flexibility index (Phi) is 3.48. The largest absolute Gasteiger partial charge is 0.454 e. The van der Waals surface area contributed by atoms with Gasteiger partial charge in [0.15, 0.2) is 11.5 Å². The molecule has 0 amide bonds. The van der Waals surface area contributed by atoms with Crippen molar-refractivity contribution in [1.29, 1.82) is 0 Å². The van der Waals surface area contributed by atoms with E-state index < -0.39 is 0 Å². The maximum Gasteiger partial charge on any atom is 0.231 e. The fourth-order valence-corrected chi connectivity index (χ4v) is 3.10. The van der Waals surface area contributed by atoms with Gasteiger partial charge in [-0.2, -0.15) is 5.10 Å². The Hall–Kier alpha value is -2.05. The van der Waals surface area contributed by atoms with Gasteiger partial charge in [0.05, 0.1) is 11.9 Å². The molecule has 116 valence electrons. The molecule has 2 N–H and O–H groups in total. The number of aromatic amines is 1. The highest BCUT2D eigenvalue weighted by Gasteiger charge is 2.20. The molecule has 0 unspecified atom stereocenters. The van der Waals surface area contributed by atoms with Crippen LogP contribution in [0, 0.1) is 0 Å². The number of hydrogen-bond donors (Lipinski definition) is 2. The van der Waals surface area contributed by atoms with E-state index in [1.807, 2.05) is 24.4 Å². The Bertz CT molecular complexity index is 670. The van der Waals surface area contributed by atoms with Crippen LogP contribution in [0.5, 0.6) is 11.5 Å². The van der Waals surface area contributed by atoms with E-state index in [-0.39, 0.29) is 0 Å². The first-order valence-corrected chi connectivity index (χ1v) is 7.64. The average molecular weight is 300 g/mol. The van der Waals surface area contributed by atoms with Gasteiger partial charge in [0, 0.05) is 30.3 Å². The molecule has 2 aromatic rings. The third kappa shape index (κ3) is 2.55. The van der Waals surface area contributed by atoms with Crippen molar-refractivity contribution in [3.8, 4) is 22.8 Å². The zero-order chi connectivity index (χ0) is 14.9. The third-order valence-electron chi connectivity index (χ3n) is 4.35. The molecule has 1 saturated heterocycles. The van der Waals surface area contributed by atoms with Gasteiger partial charge in [0.25, 0.3) is 0 Å². The molecule has 4 rings (SSSR count). The summed E-state index contributed by atoms with van der Waals surface area (Å²) in [5, 5.41) is 10.9. The summed E-state index contributed by atoms with van der Waals surface area (Å²) in [5.74, 6) is 1.60. The number of nitrogens with zero attached hydrogens (tertiary/aromatic N) is 2. The first-order valence-electron chi connectivity index (χ1n) is 7.64. The van der Waals surface area contributed by atoms with Gasteiger partial charge in [0.2, 0.25) is 6.79 Å². The first kappa shape index (κ1) is 13.6. The van der Waals surface area contributed by atoms with Crippen LogP contribution in [0.15, 0.2) is 24.4 Å². The summed E-state index contributed by atoms with van der Waals surface area (Å²) in [6.45, 7) is 3.39. The van der Waals surface area contributed by atoms with Gasteiger partial charge in [-0.05, 0) is 38.2 Å². The topological polar surface area (TPSA) is 62.4 Å². The van der Waals surface area contributed by atoms with Gasteiger partial charge in [0.1, 0.15) is 0 Å². The average Bonchev–Trinajstić information content (AvgIpc) is 3.24. The lowest BCUT2D eigenvalue weighted by atomic mass is 10.1. The Balaban J connectivity index is 1.50. The van der Waals surface area contributed by atoms with Gasteiger partial charge in [-0.15, -0.1) is 0 Å². The molecule has 0 radical (unpaired) electrons. The number of hydrogen-bond acceptors (Lipinski definition) is 5. The smallest absolute Gasteiger partial charge is 0.231 e. The van der Waals surface area contributed by atoms with Crippen LogP contribution in [-0.2, 0) is 6.54 Å². The van der Waals surface area contributed by atoms with Crippen molar-refractivity contribution in [2.45, 2.75) is 19.0 Å². The van der Waals surface area contributed by atoms with Crippen molar-refractivity contribution >= 4 is 0 Å². The van der Waals surface area contributed by atoms with Crippen LogP contribution in [-0.4, -0.2) is 48.1 Å². The molecule has 1 aromatic carbocycles. The van der Waals surface area contributed by atoms with Crippen LogP contribution < -0.4 is 14.8 Å². The lowest BCUT2D eigenvalue weighted by Gasteiger charge is -2.13. The molecular formula is C16H20N4O2. The van der Waals surface area contributed by atoms with Crippen molar-refractivity contribution < 1.29 is 9.47 Å². The van der Waals surface area contributed by atoms with E-state index in [0.717, 1.165) is 42.4 Å². The van der Waals surface area contributed by atoms with Crippen LogP contribution >= 0.6 is 0 Å². The summed E-state index contributed by atoms with van der Waals surface area (Å²) in [7, 11) is 2.16. The van der Waals surface area contributed by atoms with E-state index in [9.17, 15) is 0 Å². The van der Waals surface area contributed by atoms with Crippen LogP contribution in [0.25, 0.3) is 11.3 Å². The number of likely N-dealkylation sites (N-methyl/N-ethyl adjacent to an activating group) is 1. The Labute approximate surface area is 129 Å². The molecule has 0 aliphatic carbocycles. The minimum Gasteiger partial charge on any atom is -0.454 e. The SMILES string of the molecule is CN1CC[C@H](NCc2cn[nH]c2-c2ccc3c(c2)OCO3)C1. The quantitative estimate of drug-likeness (QED) is 0.898. The molecule has 3 heterocycles.